The van der Waals surface area contributed by atoms with E-state index in [0.29, 0.717) is 11.1 Å². The van der Waals surface area contributed by atoms with Crippen molar-refractivity contribution < 1.29 is 44.7 Å². The van der Waals surface area contributed by atoms with Crippen molar-refractivity contribution in [1.29, 1.82) is 0 Å². The van der Waals surface area contributed by atoms with Crippen LogP contribution in [0.5, 0.6) is 5.75 Å². The number of carbonyl (C=O) groups is 4. The van der Waals surface area contributed by atoms with E-state index in [1.165, 1.54) is 51.0 Å². The Hall–Kier alpha value is -4.58. The molecular weight excluding hydrogens is 544 g/mol. The summed E-state index contributed by atoms with van der Waals surface area (Å²) >= 11 is 0. The van der Waals surface area contributed by atoms with Gasteiger partial charge in [-0.05, 0) is 56.8 Å². The number of ketones is 3. The molecular formula is C31H32N2O9. The maximum Gasteiger partial charge on any atom is 0.255 e. The zero-order chi connectivity index (χ0) is 31.3. The lowest BCUT2D eigenvalue weighted by Gasteiger charge is -2.40. The van der Waals surface area contributed by atoms with Gasteiger partial charge in [0.2, 0.25) is 5.78 Å². The summed E-state index contributed by atoms with van der Waals surface area (Å²) < 4.78 is 0. The minimum atomic E-state index is -2.91. The van der Waals surface area contributed by atoms with Crippen molar-refractivity contribution in [3.63, 3.8) is 0 Å². The average molecular weight is 577 g/mol. The molecule has 0 unspecified atom stereocenters. The molecule has 11 nitrogen and oxygen atoms in total. The van der Waals surface area contributed by atoms with Gasteiger partial charge in [-0.25, -0.2) is 0 Å². The normalized spacial score (nSPS) is 25.5. The van der Waals surface area contributed by atoms with Gasteiger partial charge in [0.1, 0.15) is 22.8 Å². The van der Waals surface area contributed by atoms with Gasteiger partial charge >= 0.3 is 0 Å². The van der Waals surface area contributed by atoms with Crippen LogP contribution < -0.4 is 5.73 Å². The van der Waals surface area contributed by atoms with Gasteiger partial charge in [-0.3, -0.25) is 24.1 Å². The molecule has 0 saturated heterocycles. The number of likely N-dealkylation sites (N-methyl/N-ethyl adjacent to an activating group) is 1. The van der Waals surface area contributed by atoms with E-state index in [0.717, 1.165) is 0 Å². The summed E-state index contributed by atoms with van der Waals surface area (Å²) in [7, 11) is 2.99. The van der Waals surface area contributed by atoms with Crippen LogP contribution in [0.2, 0.25) is 0 Å². The van der Waals surface area contributed by atoms with Crippen molar-refractivity contribution in [2.75, 3.05) is 14.1 Å². The van der Waals surface area contributed by atoms with Gasteiger partial charge in [-0.1, -0.05) is 36.4 Å². The molecule has 0 fully saturated rings. The number of hydrogen-bond donors (Lipinski definition) is 6. The topological polar surface area (TPSA) is 199 Å². The molecule has 4 rings (SSSR count). The number of phenols is 1. The molecule has 1 amide bonds. The summed E-state index contributed by atoms with van der Waals surface area (Å²) in [5, 5.41) is 55.8. The fourth-order valence-electron chi connectivity index (χ4n) is 5.62. The summed E-state index contributed by atoms with van der Waals surface area (Å²) in [5.74, 6) is -7.60. The highest BCUT2D eigenvalue weighted by Gasteiger charge is 2.55. The predicted molar refractivity (Wildman–Crippen MR) is 152 cm³/mol. The molecule has 4 atom stereocenters. The lowest BCUT2D eigenvalue weighted by atomic mass is 9.68. The van der Waals surface area contributed by atoms with E-state index >= 15 is 0 Å². The second-order valence-electron chi connectivity index (χ2n) is 10.8. The van der Waals surface area contributed by atoms with Crippen LogP contribution in [0.15, 0.2) is 65.1 Å². The summed E-state index contributed by atoms with van der Waals surface area (Å²) in [5.41, 5.74) is 2.01. The van der Waals surface area contributed by atoms with Crippen molar-refractivity contribution in [2.24, 2.45) is 11.7 Å². The summed E-state index contributed by atoms with van der Waals surface area (Å²) in [6, 6.07) is 9.62. The van der Waals surface area contributed by atoms with Crippen molar-refractivity contribution in [3.8, 4) is 5.75 Å². The first-order valence-corrected chi connectivity index (χ1v) is 13.1. The molecule has 2 aromatic carbocycles. The van der Waals surface area contributed by atoms with Gasteiger partial charge in [-0.15, -0.1) is 0 Å². The zero-order valence-corrected chi connectivity index (χ0v) is 23.5. The number of phenolic OH excluding ortho intramolecular Hbond substituents is 1. The molecule has 0 spiro atoms. The Morgan fingerprint density at radius 2 is 1.76 bits per heavy atom. The zero-order valence-electron chi connectivity index (χ0n) is 23.5. The van der Waals surface area contributed by atoms with E-state index in [4.69, 9.17) is 5.73 Å². The highest BCUT2D eigenvalue weighted by Crippen LogP contribution is 2.48. The number of rotatable bonds is 6. The third-order valence-corrected chi connectivity index (χ3v) is 7.75. The lowest BCUT2D eigenvalue weighted by Crippen LogP contribution is -2.55. The SMILES string of the molecule is CC(=O)c1cccc(/C=C2\c3cccc(O)c3C(=O)/C(=C(\O)[C@@]3(O)C[C@@H](N(C)C)C(O)=C(C(N)=O)C3=O)[C@H]2[C@@H](C)O)c1. The number of aromatic hydroxyl groups is 1. The Kier molecular flexibility index (Phi) is 7.96. The van der Waals surface area contributed by atoms with Gasteiger partial charge in [0.05, 0.1) is 23.3 Å². The molecule has 0 aliphatic heterocycles. The maximum atomic E-state index is 14.0. The Morgan fingerprint density at radius 3 is 2.33 bits per heavy atom. The third-order valence-electron chi connectivity index (χ3n) is 7.75. The second-order valence-corrected chi connectivity index (χ2v) is 10.8. The number of amides is 1. The number of nitrogens with two attached hydrogens (primary N) is 1. The van der Waals surface area contributed by atoms with E-state index in [2.05, 4.69) is 0 Å². The monoisotopic (exact) mass is 576 g/mol. The lowest BCUT2D eigenvalue weighted by molar-refractivity contribution is -0.138. The number of fused-ring (bicyclic) bond motifs is 1. The second kappa shape index (κ2) is 11.0. The van der Waals surface area contributed by atoms with Crippen LogP contribution in [-0.4, -0.2) is 85.5 Å². The average Bonchev–Trinajstić information content (AvgIpc) is 2.91. The minimum absolute atomic E-state index is 0.201. The molecule has 0 saturated carbocycles. The van der Waals surface area contributed by atoms with E-state index in [-0.39, 0.29) is 22.5 Å². The molecule has 220 valence electrons. The largest absolute Gasteiger partial charge is 0.510 e. The fourth-order valence-corrected chi connectivity index (χ4v) is 5.62. The molecule has 0 radical (unpaired) electrons. The van der Waals surface area contributed by atoms with Crippen LogP contribution in [0.4, 0.5) is 0 Å². The van der Waals surface area contributed by atoms with Gasteiger partial charge in [0.25, 0.3) is 5.91 Å². The highest BCUT2D eigenvalue weighted by molar-refractivity contribution is 6.25. The van der Waals surface area contributed by atoms with Crippen molar-refractivity contribution in [1.82, 2.24) is 4.90 Å². The number of nitrogens with zero attached hydrogens (tertiary/aromatic N) is 1. The number of aliphatic hydroxyl groups is 4. The molecule has 2 aromatic rings. The summed E-state index contributed by atoms with van der Waals surface area (Å²) in [4.78, 5) is 53.0. The van der Waals surface area contributed by atoms with E-state index in [1.807, 2.05) is 0 Å². The number of carbonyl (C=O) groups excluding carboxylic acids is 4. The van der Waals surface area contributed by atoms with Gasteiger partial charge in [0, 0.05) is 17.9 Å². The number of aliphatic hydroxyl groups excluding tert-OH is 3. The molecule has 11 heteroatoms. The van der Waals surface area contributed by atoms with Gasteiger partial charge in [-0.2, -0.15) is 0 Å². The Balaban J connectivity index is 2.06. The number of benzene rings is 2. The maximum absolute atomic E-state index is 14.0. The van der Waals surface area contributed by atoms with Gasteiger partial charge < -0.3 is 31.3 Å². The molecule has 2 aliphatic carbocycles. The van der Waals surface area contributed by atoms with Crippen LogP contribution in [-0.2, 0) is 9.59 Å². The quantitative estimate of drug-likeness (QED) is 0.128. The number of primary amides is 1. The molecule has 7 N–H and O–H groups in total. The van der Waals surface area contributed by atoms with Crippen LogP contribution in [0.3, 0.4) is 0 Å². The summed E-state index contributed by atoms with van der Waals surface area (Å²) in [6.45, 7) is 2.74. The first-order chi connectivity index (χ1) is 19.6. The van der Waals surface area contributed by atoms with E-state index in [9.17, 15) is 44.7 Å². The fraction of sp³-hybridized carbons (Fsp3) is 0.290. The molecule has 42 heavy (non-hydrogen) atoms. The Morgan fingerprint density at radius 1 is 1.12 bits per heavy atom. The van der Waals surface area contributed by atoms with Crippen molar-refractivity contribution in [2.45, 2.75) is 38.0 Å². The van der Waals surface area contributed by atoms with E-state index < -0.39 is 76.0 Å². The molecule has 2 aliphatic rings. The number of hydrogen-bond acceptors (Lipinski definition) is 10. The van der Waals surface area contributed by atoms with Crippen LogP contribution in [0, 0.1) is 5.92 Å². The minimum Gasteiger partial charge on any atom is -0.510 e. The van der Waals surface area contributed by atoms with Crippen molar-refractivity contribution in [3.05, 3.63) is 87.4 Å². The predicted octanol–water partition coefficient (Wildman–Crippen LogP) is 2.07. The van der Waals surface area contributed by atoms with Crippen LogP contribution >= 0.6 is 0 Å². The summed E-state index contributed by atoms with van der Waals surface area (Å²) in [6.07, 6.45) is -0.489. The van der Waals surface area contributed by atoms with Crippen molar-refractivity contribution >= 4 is 34.9 Å². The van der Waals surface area contributed by atoms with Gasteiger partial charge in [0.15, 0.2) is 17.2 Å². The molecule has 0 aromatic heterocycles. The third kappa shape index (κ3) is 4.91. The first kappa shape index (κ1) is 30.4. The standard InChI is InChI=1S/C31H32N2O9/c1-14(34)17-8-5-7-16(11-17)12-19-18-9-6-10-21(36)23(18)27(38)24(22(19)15(2)35)28(39)31(42)13-20(33(3)4)26(37)25(29(31)40)30(32)41/h5-12,15,20,22,35-37,39,42H,13H2,1-4H3,(H2,32,41)/b19-12+,28-24-/t15-,20-,22+,31+/m1/s1. The van der Waals surface area contributed by atoms with Crippen LogP contribution in [0.1, 0.15) is 52.1 Å². The van der Waals surface area contributed by atoms with Crippen LogP contribution in [0.25, 0.3) is 11.6 Å². The smallest absolute Gasteiger partial charge is 0.255 e. The first-order valence-electron chi connectivity index (χ1n) is 13.1. The van der Waals surface area contributed by atoms with E-state index in [1.54, 1.807) is 30.3 Å². The Bertz CT molecular complexity index is 1620. The highest BCUT2D eigenvalue weighted by atomic mass is 16.3. The Labute approximate surface area is 241 Å². The molecule has 0 bridgehead atoms. The number of Topliss-reactive ketones (excluding diaryl/α,β-unsaturated/α-hetero) is 3. The molecule has 0 heterocycles.